The first-order chi connectivity index (χ1) is 21.4. The number of fused-ring (bicyclic) bond motifs is 1. The number of hydrogen-bond donors (Lipinski definition) is 1. The van der Waals surface area contributed by atoms with Crippen LogP contribution in [0.4, 0.5) is 10.1 Å². The molecule has 0 aliphatic carbocycles. The summed E-state index contributed by atoms with van der Waals surface area (Å²) in [7, 11) is 2.06. The smallest absolute Gasteiger partial charge is 0.234 e. The van der Waals surface area contributed by atoms with E-state index < -0.39 is 5.82 Å². The number of likely N-dealkylation sites (N-methyl/N-ethyl adjacent to an activating group) is 1. The molecule has 5 aromatic rings. The standard InChI is InChI=1S/C34H36ClFN6O2/c1-40-15-17-41(18-16-40)31-20-30-27(19-29(31)36)32(43)28(22-42(30)21-23-10-12-25(35)13-11-23)33-38-34(44-39-33)26(9-5-6-14-37)24-7-3-2-4-8-24/h2-4,7-8,10-13,19-20,22,26H,5-6,9,14-18,21,37H2,1H3. The molecule has 2 aromatic heterocycles. The number of rotatable bonds is 10. The fourth-order valence-corrected chi connectivity index (χ4v) is 5.99. The molecule has 44 heavy (non-hydrogen) atoms. The van der Waals surface area contributed by atoms with E-state index in [1.807, 2.05) is 64.1 Å². The van der Waals surface area contributed by atoms with Crippen LogP contribution in [-0.2, 0) is 6.54 Å². The van der Waals surface area contributed by atoms with E-state index in [1.165, 1.54) is 6.07 Å². The molecule has 0 spiro atoms. The van der Waals surface area contributed by atoms with Gasteiger partial charge in [0.15, 0.2) is 0 Å². The van der Waals surface area contributed by atoms with Crippen molar-refractivity contribution in [3.05, 3.63) is 111 Å². The van der Waals surface area contributed by atoms with E-state index in [0.29, 0.717) is 48.3 Å². The molecule has 3 heterocycles. The van der Waals surface area contributed by atoms with E-state index in [9.17, 15) is 4.79 Å². The van der Waals surface area contributed by atoms with Crippen LogP contribution in [0.3, 0.4) is 0 Å². The quantitative estimate of drug-likeness (QED) is 0.196. The molecule has 10 heteroatoms. The van der Waals surface area contributed by atoms with Gasteiger partial charge in [-0.05, 0) is 61.8 Å². The summed E-state index contributed by atoms with van der Waals surface area (Å²) in [4.78, 5) is 23.0. The molecule has 228 valence electrons. The highest BCUT2D eigenvalue weighted by Gasteiger charge is 2.25. The maximum Gasteiger partial charge on any atom is 0.234 e. The second-order valence-corrected chi connectivity index (χ2v) is 11.9. The lowest BCUT2D eigenvalue weighted by Crippen LogP contribution is -2.44. The Morgan fingerprint density at radius 2 is 1.77 bits per heavy atom. The zero-order valence-electron chi connectivity index (χ0n) is 24.8. The molecule has 8 nitrogen and oxygen atoms in total. The molecule has 1 fully saturated rings. The van der Waals surface area contributed by atoms with Crippen LogP contribution in [0.5, 0.6) is 0 Å². The number of hydrogen-bond acceptors (Lipinski definition) is 7. The number of pyridine rings is 1. The van der Waals surface area contributed by atoms with Gasteiger partial charge in [0.25, 0.3) is 0 Å². The summed E-state index contributed by atoms with van der Waals surface area (Å²) < 4.78 is 23.4. The highest BCUT2D eigenvalue weighted by Crippen LogP contribution is 2.31. The van der Waals surface area contributed by atoms with Gasteiger partial charge in [-0.3, -0.25) is 4.79 Å². The van der Waals surface area contributed by atoms with Gasteiger partial charge in [0.1, 0.15) is 5.82 Å². The highest BCUT2D eigenvalue weighted by molar-refractivity contribution is 6.30. The first-order valence-electron chi connectivity index (χ1n) is 15.0. The van der Waals surface area contributed by atoms with E-state index in [4.69, 9.17) is 26.8 Å². The molecule has 0 saturated carbocycles. The van der Waals surface area contributed by atoms with Crippen LogP contribution < -0.4 is 16.1 Å². The van der Waals surface area contributed by atoms with Gasteiger partial charge in [0.05, 0.1) is 22.7 Å². The number of aromatic nitrogens is 3. The molecule has 1 unspecified atom stereocenters. The second-order valence-electron chi connectivity index (χ2n) is 11.4. The maximum atomic E-state index is 15.7. The van der Waals surface area contributed by atoms with Crippen molar-refractivity contribution in [3.8, 4) is 11.4 Å². The molecule has 1 aliphatic rings. The molecular formula is C34H36ClFN6O2. The lowest BCUT2D eigenvalue weighted by atomic mass is 9.93. The number of nitrogens with zero attached hydrogens (tertiary/aromatic N) is 5. The van der Waals surface area contributed by atoms with Crippen molar-refractivity contribution in [3.63, 3.8) is 0 Å². The van der Waals surface area contributed by atoms with E-state index >= 15 is 4.39 Å². The van der Waals surface area contributed by atoms with Gasteiger partial charge in [-0.15, -0.1) is 0 Å². The van der Waals surface area contributed by atoms with Gasteiger partial charge in [-0.1, -0.05) is 65.6 Å². The monoisotopic (exact) mass is 614 g/mol. The fourth-order valence-electron chi connectivity index (χ4n) is 5.86. The summed E-state index contributed by atoms with van der Waals surface area (Å²) in [5.41, 5.74) is 8.82. The van der Waals surface area contributed by atoms with Crippen molar-refractivity contribution >= 4 is 28.2 Å². The fraction of sp³-hybridized carbons (Fsp3) is 0.324. The zero-order chi connectivity index (χ0) is 30.6. The van der Waals surface area contributed by atoms with Crippen molar-refractivity contribution in [2.75, 3.05) is 44.7 Å². The lowest BCUT2D eigenvalue weighted by molar-refractivity contribution is 0.312. The Kier molecular flexibility index (Phi) is 9.07. The highest BCUT2D eigenvalue weighted by atomic mass is 35.5. The maximum absolute atomic E-state index is 15.7. The predicted octanol–water partition coefficient (Wildman–Crippen LogP) is 5.91. The van der Waals surface area contributed by atoms with Crippen LogP contribution in [0.25, 0.3) is 22.3 Å². The molecule has 0 bridgehead atoms. The number of nitrogens with two attached hydrogens (primary N) is 1. The van der Waals surface area contributed by atoms with Crippen LogP contribution in [0.15, 0.2) is 82.2 Å². The van der Waals surface area contributed by atoms with Gasteiger partial charge in [0.2, 0.25) is 17.1 Å². The van der Waals surface area contributed by atoms with E-state index in [0.717, 1.165) is 43.5 Å². The van der Waals surface area contributed by atoms with Crippen molar-refractivity contribution < 1.29 is 8.91 Å². The first kappa shape index (κ1) is 30.0. The van der Waals surface area contributed by atoms with Crippen LogP contribution >= 0.6 is 11.6 Å². The Labute approximate surface area is 260 Å². The summed E-state index contributed by atoms with van der Waals surface area (Å²) in [5, 5.41) is 5.16. The molecule has 0 radical (unpaired) electrons. The van der Waals surface area contributed by atoms with Gasteiger partial charge in [-0.2, -0.15) is 4.98 Å². The summed E-state index contributed by atoms with van der Waals surface area (Å²) in [6.45, 7) is 4.13. The molecular weight excluding hydrogens is 579 g/mol. The van der Waals surface area contributed by atoms with E-state index in [-0.39, 0.29) is 28.1 Å². The van der Waals surface area contributed by atoms with Crippen molar-refractivity contribution in [2.45, 2.75) is 31.7 Å². The van der Waals surface area contributed by atoms with Crippen molar-refractivity contribution in [1.82, 2.24) is 19.6 Å². The molecule has 0 amide bonds. The Morgan fingerprint density at radius 3 is 2.50 bits per heavy atom. The van der Waals surface area contributed by atoms with Crippen LogP contribution in [-0.4, -0.2) is 59.4 Å². The topological polar surface area (TPSA) is 93.4 Å². The summed E-state index contributed by atoms with van der Waals surface area (Å²) in [6, 6.07) is 20.7. The third-order valence-corrected chi connectivity index (χ3v) is 8.64. The van der Waals surface area contributed by atoms with Crippen LogP contribution in [0.1, 0.15) is 42.2 Å². The average Bonchev–Trinajstić information content (AvgIpc) is 3.52. The van der Waals surface area contributed by atoms with E-state index in [1.54, 1.807) is 12.3 Å². The predicted molar refractivity (Wildman–Crippen MR) is 173 cm³/mol. The van der Waals surface area contributed by atoms with Crippen molar-refractivity contribution in [1.29, 1.82) is 0 Å². The first-order valence-corrected chi connectivity index (χ1v) is 15.4. The normalized spacial score (nSPS) is 14.8. The van der Waals surface area contributed by atoms with E-state index in [2.05, 4.69) is 17.1 Å². The Bertz CT molecular complexity index is 1780. The molecule has 6 rings (SSSR count). The lowest BCUT2D eigenvalue weighted by Gasteiger charge is -2.34. The zero-order valence-corrected chi connectivity index (χ0v) is 25.5. The average molecular weight is 615 g/mol. The largest absolute Gasteiger partial charge is 0.367 e. The Balaban J connectivity index is 1.44. The number of anilines is 1. The van der Waals surface area contributed by atoms with Crippen LogP contribution in [0, 0.1) is 5.82 Å². The van der Waals surface area contributed by atoms with Gasteiger partial charge < -0.3 is 24.6 Å². The Hall–Kier alpha value is -4.05. The molecule has 1 atom stereocenters. The van der Waals surface area contributed by atoms with Gasteiger partial charge in [-0.25, -0.2) is 4.39 Å². The summed E-state index contributed by atoms with van der Waals surface area (Å²) in [5.74, 6) is 0.0557. The SMILES string of the molecule is CN1CCN(c2cc3c(cc2F)c(=O)c(-c2noc(C(CCCCN)c4ccccc4)n2)cn3Cc2ccc(Cl)cc2)CC1. The molecule has 1 aliphatic heterocycles. The third kappa shape index (κ3) is 6.40. The minimum absolute atomic E-state index is 0.135. The number of piperazine rings is 1. The molecule has 3 aromatic carbocycles. The number of unbranched alkanes of at least 4 members (excludes halogenated alkanes) is 1. The van der Waals surface area contributed by atoms with Crippen LogP contribution in [0.2, 0.25) is 5.02 Å². The summed E-state index contributed by atoms with van der Waals surface area (Å²) >= 11 is 6.15. The van der Waals surface area contributed by atoms with Crippen molar-refractivity contribution in [2.24, 2.45) is 5.73 Å². The third-order valence-electron chi connectivity index (χ3n) is 8.39. The minimum Gasteiger partial charge on any atom is -0.367 e. The molecule has 2 N–H and O–H groups in total. The van der Waals surface area contributed by atoms with Gasteiger partial charge >= 0.3 is 0 Å². The van der Waals surface area contributed by atoms with Gasteiger partial charge in [0, 0.05) is 49.3 Å². The summed E-state index contributed by atoms with van der Waals surface area (Å²) in [6.07, 6.45) is 4.31. The number of benzene rings is 3. The molecule has 1 saturated heterocycles. The minimum atomic E-state index is -0.424. The second kappa shape index (κ2) is 13.3. The Morgan fingerprint density at radius 1 is 1.02 bits per heavy atom. The number of halogens is 2.